The van der Waals surface area contributed by atoms with Crippen molar-refractivity contribution in [1.29, 1.82) is 0 Å². The van der Waals surface area contributed by atoms with E-state index < -0.39 is 0 Å². The van der Waals surface area contributed by atoms with Crippen molar-refractivity contribution < 1.29 is 9.13 Å². The van der Waals surface area contributed by atoms with Crippen LogP contribution in [-0.4, -0.2) is 18.1 Å². The van der Waals surface area contributed by atoms with E-state index in [0.717, 1.165) is 57.4 Å². The lowest BCUT2D eigenvalue weighted by atomic mass is 9.87. The number of methoxy groups -OCH3 is 1. The Kier molecular flexibility index (Phi) is 8.17. The molecule has 3 rings (SSSR count). The molecule has 0 spiro atoms. The molecule has 1 heterocycles. The van der Waals surface area contributed by atoms with Crippen molar-refractivity contribution >= 4 is 28.1 Å². The molecule has 0 amide bonds. The van der Waals surface area contributed by atoms with Crippen molar-refractivity contribution in [2.45, 2.75) is 52.0 Å². The van der Waals surface area contributed by atoms with E-state index in [0.29, 0.717) is 5.02 Å². The maximum atomic E-state index is 13.5. The van der Waals surface area contributed by atoms with Gasteiger partial charge in [-0.3, -0.25) is 0 Å². The zero-order valence-corrected chi connectivity index (χ0v) is 20.4. The van der Waals surface area contributed by atoms with Gasteiger partial charge in [-0.15, -0.1) is 17.8 Å². The molecular weight excluding hydrogens is 443 g/mol. The fourth-order valence-corrected chi connectivity index (χ4v) is 4.93. The van der Waals surface area contributed by atoms with Gasteiger partial charge >= 0.3 is 0 Å². The number of anilines is 1. The summed E-state index contributed by atoms with van der Waals surface area (Å²) in [5.74, 6) is 3.45. The summed E-state index contributed by atoms with van der Waals surface area (Å²) in [6.07, 6.45) is 8.95. The van der Waals surface area contributed by atoms with E-state index in [9.17, 15) is 4.39 Å². The van der Waals surface area contributed by atoms with Crippen LogP contribution in [0.2, 0.25) is 5.02 Å². The number of unbranched alkanes of at least 4 members (excludes halogenated alkanes) is 1. The van der Waals surface area contributed by atoms with Crippen LogP contribution >= 0.6 is 22.9 Å². The van der Waals surface area contributed by atoms with Crippen molar-refractivity contribution in [3.63, 3.8) is 0 Å². The van der Waals surface area contributed by atoms with Crippen LogP contribution in [-0.2, 0) is 0 Å². The number of hydrogen-bond donors (Lipinski definition) is 1. The Balaban J connectivity index is 1.90. The number of terminal acetylenes is 1. The van der Waals surface area contributed by atoms with Gasteiger partial charge in [-0.25, -0.2) is 9.37 Å². The van der Waals surface area contributed by atoms with E-state index in [1.54, 1.807) is 18.4 Å². The average molecular weight is 471 g/mol. The number of nitrogens with zero attached hydrogens (tertiary/aromatic N) is 1. The van der Waals surface area contributed by atoms with E-state index >= 15 is 0 Å². The van der Waals surface area contributed by atoms with Gasteiger partial charge in [-0.05, 0) is 55.7 Å². The number of halogens is 2. The van der Waals surface area contributed by atoms with Crippen molar-refractivity contribution in [3.05, 3.63) is 63.2 Å². The monoisotopic (exact) mass is 470 g/mol. The second kappa shape index (κ2) is 10.8. The molecule has 0 aliphatic rings. The molecule has 0 aliphatic heterocycles. The number of thiazole rings is 1. The van der Waals surface area contributed by atoms with Gasteiger partial charge in [0.2, 0.25) is 0 Å². The van der Waals surface area contributed by atoms with Crippen molar-refractivity contribution in [1.82, 2.24) is 4.98 Å². The molecule has 1 N–H and O–H groups in total. The van der Waals surface area contributed by atoms with Gasteiger partial charge in [0.1, 0.15) is 11.6 Å². The zero-order chi connectivity index (χ0) is 23.3. The van der Waals surface area contributed by atoms with Gasteiger partial charge in [0.05, 0.1) is 23.9 Å². The fourth-order valence-electron chi connectivity index (χ4n) is 3.82. The highest BCUT2D eigenvalue weighted by atomic mass is 35.5. The molecule has 3 aromatic rings. The maximum Gasteiger partial charge on any atom is 0.184 e. The molecule has 0 saturated carbocycles. The van der Waals surface area contributed by atoms with Crippen LogP contribution < -0.4 is 10.1 Å². The maximum absolute atomic E-state index is 13.5. The predicted octanol–water partition coefficient (Wildman–Crippen LogP) is 7.62. The Morgan fingerprint density at radius 2 is 1.97 bits per heavy atom. The molecule has 2 atom stereocenters. The summed E-state index contributed by atoms with van der Waals surface area (Å²) in [4.78, 5) is 5.87. The normalized spacial score (nSPS) is 12.8. The number of nitrogens with one attached hydrogen (secondary N) is 1. The molecule has 0 aliphatic carbocycles. The quantitative estimate of drug-likeness (QED) is 0.326. The van der Waals surface area contributed by atoms with Crippen LogP contribution in [0, 0.1) is 32.0 Å². The smallest absolute Gasteiger partial charge is 0.184 e. The lowest BCUT2D eigenvalue weighted by molar-refractivity contribution is 0.412. The van der Waals surface area contributed by atoms with Gasteiger partial charge in [0, 0.05) is 16.4 Å². The topological polar surface area (TPSA) is 34.2 Å². The summed E-state index contributed by atoms with van der Waals surface area (Å²) >= 11 is 8.08. The lowest BCUT2D eigenvalue weighted by Gasteiger charge is -2.24. The zero-order valence-electron chi connectivity index (χ0n) is 18.8. The number of ether oxygens (including phenoxy) is 1. The molecule has 6 heteroatoms. The van der Waals surface area contributed by atoms with Crippen molar-refractivity contribution in [2.75, 3.05) is 12.4 Å². The first-order chi connectivity index (χ1) is 15.4. The van der Waals surface area contributed by atoms with E-state index in [4.69, 9.17) is 27.7 Å². The summed E-state index contributed by atoms with van der Waals surface area (Å²) in [6.45, 7) is 6.15. The SMILES string of the molecule is C#CC(Nc1nc(-c2cc(C)c(OC)cc2Cl)c(C)s1)[C@@H](CCCC)c1ccc(F)cc1. The summed E-state index contributed by atoms with van der Waals surface area (Å²) < 4.78 is 18.8. The number of aryl methyl sites for hydroxylation is 2. The number of rotatable bonds is 9. The first-order valence-electron chi connectivity index (χ1n) is 10.7. The minimum Gasteiger partial charge on any atom is -0.496 e. The van der Waals surface area contributed by atoms with Crippen molar-refractivity contribution in [2.24, 2.45) is 0 Å². The molecule has 0 radical (unpaired) electrons. The van der Waals surface area contributed by atoms with E-state index in [-0.39, 0.29) is 17.8 Å². The van der Waals surface area contributed by atoms with Crippen molar-refractivity contribution in [3.8, 4) is 29.4 Å². The largest absolute Gasteiger partial charge is 0.496 e. The van der Waals surface area contributed by atoms with Gasteiger partial charge in [-0.2, -0.15) is 0 Å². The highest BCUT2D eigenvalue weighted by Gasteiger charge is 2.23. The molecule has 0 fully saturated rings. The molecule has 32 heavy (non-hydrogen) atoms. The van der Waals surface area contributed by atoms with Crippen LogP contribution in [0.5, 0.6) is 5.75 Å². The molecule has 3 nitrogen and oxygen atoms in total. The van der Waals surface area contributed by atoms with Gasteiger partial charge in [0.25, 0.3) is 0 Å². The minimum atomic E-state index is -0.265. The Hall–Kier alpha value is -2.55. The number of hydrogen-bond acceptors (Lipinski definition) is 4. The Morgan fingerprint density at radius 3 is 2.59 bits per heavy atom. The number of aromatic nitrogens is 1. The predicted molar refractivity (Wildman–Crippen MR) is 133 cm³/mol. The molecular formula is C26H28ClFN2OS. The molecule has 168 valence electrons. The van der Waals surface area contributed by atoms with Crippen LogP contribution in [0.4, 0.5) is 9.52 Å². The van der Waals surface area contributed by atoms with Crippen LogP contribution in [0.15, 0.2) is 36.4 Å². The first-order valence-corrected chi connectivity index (χ1v) is 11.9. The van der Waals surface area contributed by atoms with E-state index in [2.05, 4.69) is 18.2 Å². The Labute approximate surface area is 199 Å². The third-order valence-electron chi connectivity index (χ3n) is 5.56. The second-order valence-corrected chi connectivity index (χ2v) is 9.42. The first kappa shape index (κ1) is 24.1. The number of benzene rings is 2. The molecule has 1 aromatic heterocycles. The second-order valence-electron chi connectivity index (χ2n) is 7.81. The van der Waals surface area contributed by atoms with Crippen LogP contribution in [0.3, 0.4) is 0 Å². The summed E-state index contributed by atoms with van der Waals surface area (Å²) in [5, 5.41) is 4.78. The third-order valence-corrected chi connectivity index (χ3v) is 6.78. The highest BCUT2D eigenvalue weighted by molar-refractivity contribution is 7.16. The Bertz CT molecular complexity index is 1100. The van der Waals surface area contributed by atoms with Crippen LogP contribution in [0.1, 0.15) is 48.1 Å². The molecule has 0 bridgehead atoms. The van der Waals surface area contributed by atoms with Crippen LogP contribution in [0.25, 0.3) is 11.3 Å². The summed E-state index contributed by atoms with van der Waals surface area (Å²) in [5.41, 5.74) is 3.71. The van der Waals surface area contributed by atoms with Gasteiger partial charge in [-0.1, -0.05) is 49.4 Å². The standard InChI is InChI=1S/C26H28ClFN2OS/c1-6-8-9-20(18-10-12-19(28)13-11-18)23(7-2)29-26-30-25(17(4)32-26)21-14-16(3)24(31-5)15-22(21)27/h2,10-15,20,23H,6,8-9H2,1,3-5H3,(H,29,30)/t20-,23?/m0/s1. The van der Waals surface area contributed by atoms with E-state index in [1.165, 1.54) is 12.1 Å². The molecule has 1 unspecified atom stereocenters. The summed E-state index contributed by atoms with van der Waals surface area (Å²) in [7, 11) is 1.63. The summed E-state index contributed by atoms with van der Waals surface area (Å²) in [6, 6.07) is 10.2. The Morgan fingerprint density at radius 1 is 1.25 bits per heavy atom. The average Bonchev–Trinajstić information content (AvgIpc) is 3.15. The van der Waals surface area contributed by atoms with E-state index in [1.807, 2.05) is 38.1 Å². The third kappa shape index (κ3) is 5.43. The van der Waals surface area contributed by atoms with Gasteiger partial charge < -0.3 is 10.1 Å². The lowest BCUT2D eigenvalue weighted by Crippen LogP contribution is -2.26. The minimum absolute atomic E-state index is 0.0556. The molecule has 0 saturated heterocycles. The van der Waals surface area contributed by atoms with Gasteiger partial charge in [0.15, 0.2) is 5.13 Å². The molecule has 2 aromatic carbocycles. The fraction of sp³-hybridized carbons (Fsp3) is 0.346. The highest BCUT2D eigenvalue weighted by Crippen LogP contribution is 2.38.